The number of allylic oxidation sites excluding steroid dienone is 2. The average molecular weight is 445 g/mol. The van der Waals surface area contributed by atoms with Gasteiger partial charge in [-0.1, -0.05) is 61.9 Å². The minimum Gasteiger partial charge on any atom is -0.460 e. The summed E-state index contributed by atoms with van der Waals surface area (Å²) in [6, 6.07) is 9.78. The van der Waals surface area contributed by atoms with E-state index >= 15 is 0 Å². The number of alkyl halides is 3. The van der Waals surface area contributed by atoms with E-state index in [-0.39, 0.29) is 17.7 Å². The Balaban J connectivity index is 1.71. The summed E-state index contributed by atoms with van der Waals surface area (Å²) in [5.41, 5.74) is 0.0197. The molecule has 1 aliphatic carbocycles. The molecule has 0 aliphatic heterocycles. The third kappa shape index (κ3) is 4.51. The molecular formula is C22H18ClF5O2. The van der Waals surface area contributed by atoms with Crippen LogP contribution in [0.4, 0.5) is 22.0 Å². The van der Waals surface area contributed by atoms with Crippen LogP contribution in [0.15, 0.2) is 53.6 Å². The number of carbonyl (C=O) groups excluding carboxylic acids is 1. The minimum absolute atomic E-state index is 0.101. The van der Waals surface area contributed by atoms with Crippen molar-refractivity contribution in [1.29, 1.82) is 0 Å². The Morgan fingerprint density at radius 3 is 2.37 bits per heavy atom. The Bertz CT molecular complexity index is 980. The molecule has 3 rings (SSSR count). The third-order valence-corrected chi connectivity index (χ3v) is 5.71. The number of hydrogen-bond donors (Lipinski definition) is 0. The molecule has 0 unspecified atom stereocenters. The fourth-order valence-electron chi connectivity index (χ4n) is 3.47. The monoisotopic (exact) mass is 444 g/mol. The van der Waals surface area contributed by atoms with Crippen LogP contribution >= 0.6 is 11.6 Å². The van der Waals surface area contributed by atoms with E-state index in [2.05, 4.69) is 0 Å². The standard InChI is InChI=1S/C22H18ClF5O2/c1-21(2)16(10-17(23)22(26,27)28)18(21)20(29)30-11-13-4-3-5-15(19(13)25)12-6-8-14(24)9-7-12/h3-10,16,18H,11H2,1-2H3/b17-10-/t16-,18-/m0/s1. The van der Waals surface area contributed by atoms with Crippen molar-refractivity contribution < 1.29 is 31.5 Å². The van der Waals surface area contributed by atoms with E-state index in [1.54, 1.807) is 19.9 Å². The Morgan fingerprint density at radius 2 is 1.77 bits per heavy atom. The molecule has 0 aromatic heterocycles. The van der Waals surface area contributed by atoms with Crippen LogP contribution < -0.4 is 0 Å². The van der Waals surface area contributed by atoms with Crippen LogP contribution in [0.1, 0.15) is 19.4 Å². The van der Waals surface area contributed by atoms with E-state index in [4.69, 9.17) is 16.3 Å². The zero-order valence-corrected chi connectivity index (χ0v) is 16.8. The summed E-state index contributed by atoms with van der Waals surface area (Å²) in [6.45, 7) is 2.89. The van der Waals surface area contributed by atoms with Gasteiger partial charge in [-0.15, -0.1) is 0 Å². The molecule has 2 aromatic carbocycles. The topological polar surface area (TPSA) is 26.3 Å². The smallest absolute Gasteiger partial charge is 0.426 e. The van der Waals surface area contributed by atoms with Crippen LogP contribution in [0, 0.1) is 28.9 Å². The van der Waals surface area contributed by atoms with E-state index in [0.29, 0.717) is 5.56 Å². The average Bonchev–Trinajstić information content (AvgIpc) is 3.20. The first-order valence-corrected chi connectivity index (χ1v) is 9.45. The van der Waals surface area contributed by atoms with Gasteiger partial charge in [0, 0.05) is 11.1 Å². The van der Waals surface area contributed by atoms with Crippen molar-refractivity contribution in [3.63, 3.8) is 0 Å². The zero-order valence-electron chi connectivity index (χ0n) is 16.1. The molecule has 160 valence electrons. The van der Waals surface area contributed by atoms with Gasteiger partial charge in [0.2, 0.25) is 0 Å². The molecule has 2 nitrogen and oxygen atoms in total. The van der Waals surface area contributed by atoms with Crippen molar-refractivity contribution in [2.75, 3.05) is 0 Å². The Kier molecular flexibility index (Phi) is 5.96. The van der Waals surface area contributed by atoms with Gasteiger partial charge in [-0.25, -0.2) is 8.78 Å². The molecule has 0 N–H and O–H groups in total. The van der Waals surface area contributed by atoms with Gasteiger partial charge in [0.05, 0.1) is 5.92 Å². The maximum Gasteiger partial charge on any atom is 0.426 e. The number of rotatable bonds is 5. The molecule has 0 heterocycles. The van der Waals surface area contributed by atoms with Gasteiger partial charge in [0.25, 0.3) is 0 Å². The first-order chi connectivity index (χ1) is 13.9. The number of carbonyl (C=O) groups is 1. The Morgan fingerprint density at radius 1 is 1.13 bits per heavy atom. The molecular weight excluding hydrogens is 427 g/mol. The normalized spacial score (nSPS) is 20.7. The number of esters is 1. The highest BCUT2D eigenvalue weighted by molar-refractivity contribution is 6.30. The van der Waals surface area contributed by atoms with E-state index in [9.17, 15) is 26.7 Å². The van der Waals surface area contributed by atoms with Crippen molar-refractivity contribution in [1.82, 2.24) is 0 Å². The molecule has 2 aromatic rings. The number of hydrogen-bond acceptors (Lipinski definition) is 2. The lowest BCUT2D eigenvalue weighted by Gasteiger charge is -2.10. The molecule has 0 bridgehead atoms. The van der Waals surface area contributed by atoms with E-state index in [0.717, 1.165) is 6.08 Å². The summed E-state index contributed by atoms with van der Waals surface area (Å²) in [5.74, 6) is -3.33. The van der Waals surface area contributed by atoms with Gasteiger partial charge in [-0.3, -0.25) is 4.79 Å². The largest absolute Gasteiger partial charge is 0.460 e. The van der Waals surface area contributed by atoms with E-state index in [1.807, 2.05) is 0 Å². The van der Waals surface area contributed by atoms with Gasteiger partial charge >= 0.3 is 12.1 Å². The van der Waals surface area contributed by atoms with Gasteiger partial charge < -0.3 is 4.74 Å². The van der Waals surface area contributed by atoms with Crippen LogP contribution in [0.25, 0.3) is 11.1 Å². The predicted molar refractivity (Wildman–Crippen MR) is 102 cm³/mol. The van der Waals surface area contributed by atoms with Crippen molar-refractivity contribution in [3.8, 4) is 11.1 Å². The summed E-state index contributed by atoms with van der Waals surface area (Å²) < 4.78 is 71.0. The van der Waals surface area contributed by atoms with E-state index in [1.165, 1.54) is 36.4 Å². The second kappa shape index (κ2) is 8.02. The lowest BCUT2D eigenvalue weighted by molar-refractivity contribution is -0.147. The first kappa shape index (κ1) is 22.3. The van der Waals surface area contributed by atoms with Crippen LogP contribution in [0.3, 0.4) is 0 Å². The molecule has 1 aliphatic rings. The molecule has 0 radical (unpaired) electrons. The molecule has 8 heteroatoms. The zero-order chi connectivity index (χ0) is 22.3. The van der Waals surface area contributed by atoms with Crippen LogP contribution in [-0.2, 0) is 16.1 Å². The number of halogens is 6. The maximum atomic E-state index is 14.8. The molecule has 2 atom stereocenters. The second-order valence-electron chi connectivity index (χ2n) is 7.73. The van der Waals surface area contributed by atoms with Crippen LogP contribution in [0.5, 0.6) is 0 Å². The van der Waals surface area contributed by atoms with Gasteiger partial charge in [-0.05, 0) is 29.0 Å². The lowest BCUT2D eigenvalue weighted by Crippen LogP contribution is -2.11. The molecule has 0 spiro atoms. The quantitative estimate of drug-likeness (QED) is 0.382. The van der Waals surface area contributed by atoms with Gasteiger partial charge in [-0.2, -0.15) is 13.2 Å². The summed E-state index contributed by atoms with van der Waals surface area (Å²) >= 11 is 5.28. The SMILES string of the molecule is CC1(C)[C@H](C(=O)OCc2cccc(-c3ccc(F)cc3)c2F)[C@@H]1/C=C(\Cl)C(F)(F)F. The third-order valence-electron chi connectivity index (χ3n) is 5.37. The van der Waals surface area contributed by atoms with Gasteiger partial charge in [0.1, 0.15) is 23.3 Å². The molecule has 1 fully saturated rings. The number of ether oxygens (including phenoxy) is 1. The molecule has 0 saturated heterocycles. The van der Waals surface area contributed by atoms with Crippen LogP contribution in [0.2, 0.25) is 0 Å². The highest BCUT2D eigenvalue weighted by Gasteiger charge is 2.62. The van der Waals surface area contributed by atoms with Crippen molar-refractivity contribution >= 4 is 17.6 Å². The highest BCUT2D eigenvalue weighted by atomic mass is 35.5. The Labute approximate surface area is 175 Å². The van der Waals surface area contributed by atoms with Crippen molar-refractivity contribution in [2.45, 2.75) is 26.6 Å². The van der Waals surface area contributed by atoms with Crippen molar-refractivity contribution in [2.24, 2.45) is 17.3 Å². The Hall–Kier alpha value is -2.41. The summed E-state index contributed by atoms with van der Waals surface area (Å²) in [7, 11) is 0. The van der Waals surface area contributed by atoms with E-state index < -0.39 is 46.1 Å². The predicted octanol–water partition coefficient (Wildman–Crippen LogP) is 6.63. The second-order valence-corrected chi connectivity index (χ2v) is 8.14. The molecule has 1 saturated carbocycles. The first-order valence-electron chi connectivity index (χ1n) is 9.07. The molecule has 0 amide bonds. The van der Waals surface area contributed by atoms with Crippen LogP contribution in [-0.4, -0.2) is 12.1 Å². The maximum absolute atomic E-state index is 14.8. The summed E-state index contributed by atoms with van der Waals surface area (Å²) in [6.07, 6.45) is -3.86. The van der Waals surface area contributed by atoms with Crippen molar-refractivity contribution in [3.05, 3.63) is 70.8 Å². The number of benzene rings is 2. The molecule has 30 heavy (non-hydrogen) atoms. The highest BCUT2D eigenvalue weighted by Crippen LogP contribution is 2.60. The van der Waals surface area contributed by atoms with Gasteiger partial charge in [0.15, 0.2) is 0 Å². The summed E-state index contributed by atoms with van der Waals surface area (Å²) in [5, 5.41) is -1.28. The minimum atomic E-state index is -4.68. The fourth-order valence-corrected chi connectivity index (χ4v) is 3.61. The summed E-state index contributed by atoms with van der Waals surface area (Å²) in [4.78, 5) is 12.4. The fraction of sp³-hybridized carbons (Fsp3) is 0.318. The lowest BCUT2D eigenvalue weighted by atomic mass is 10.0.